The molecule has 0 aromatic carbocycles. The van der Waals surface area contributed by atoms with Crippen molar-refractivity contribution >= 4 is 5.82 Å². The molecule has 1 fully saturated rings. The summed E-state index contributed by atoms with van der Waals surface area (Å²) < 4.78 is 0. The maximum atomic E-state index is 4.49. The van der Waals surface area contributed by atoms with Crippen LogP contribution in [0.4, 0.5) is 5.82 Å². The molecule has 1 saturated heterocycles. The van der Waals surface area contributed by atoms with Crippen molar-refractivity contribution < 1.29 is 0 Å². The average Bonchev–Trinajstić information content (AvgIpc) is 2.39. The number of nitrogens with zero attached hydrogens (tertiary/aromatic N) is 3. The fourth-order valence-electron chi connectivity index (χ4n) is 2.32. The van der Waals surface area contributed by atoms with Crippen molar-refractivity contribution in [1.82, 2.24) is 9.88 Å². The number of aromatic nitrogens is 1. The van der Waals surface area contributed by atoms with Gasteiger partial charge in [0.2, 0.25) is 0 Å². The van der Waals surface area contributed by atoms with Crippen LogP contribution in [0.1, 0.15) is 26.3 Å². The Labute approximate surface area is 104 Å². The monoisotopic (exact) mass is 233 g/mol. The van der Waals surface area contributed by atoms with E-state index in [4.69, 9.17) is 0 Å². The summed E-state index contributed by atoms with van der Waals surface area (Å²) in [5, 5.41) is 0. The highest BCUT2D eigenvalue weighted by Crippen LogP contribution is 2.16. The molecule has 94 valence electrons. The lowest BCUT2D eigenvalue weighted by molar-refractivity contribution is 0.209. The van der Waals surface area contributed by atoms with Gasteiger partial charge in [0.25, 0.3) is 0 Å². The van der Waals surface area contributed by atoms with Crippen LogP contribution >= 0.6 is 0 Å². The van der Waals surface area contributed by atoms with Crippen molar-refractivity contribution in [3.63, 3.8) is 0 Å². The molecule has 3 heteroatoms. The van der Waals surface area contributed by atoms with Crippen LogP contribution in [0.2, 0.25) is 0 Å². The number of hydrogen-bond acceptors (Lipinski definition) is 3. The highest BCUT2D eigenvalue weighted by atomic mass is 15.3. The minimum absolute atomic E-state index is 0.659. The highest BCUT2D eigenvalue weighted by molar-refractivity contribution is 5.41. The summed E-state index contributed by atoms with van der Waals surface area (Å²) in [6.07, 6.45) is 3.02. The van der Waals surface area contributed by atoms with Gasteiger partial charge in [-0.15, -0.1) is 0 Å². The summed E-state index contributed by atoms with van der Waals surface area (Å²) in [4.78, 5) is 9.42. The van der Waals surface area contributed by atoms with Crippen LogP contribution in [0.3, 0.4) is 0 Å². The Hall–Kier alpha value is -1.09. The molecule has 2 rings (SSSR count). The van der Waals surface area contributed by atoms with Crippen LogP contribution < -0.4 is 4.90 Å². The molecule has 2 heterocycles. The minimum atomic E-state index is 0.659. The van der Waals surface area contributed by atoms with E-state index in [1.807, 2.05) is 6.20 Å². The molecule has 1 aromatic heterocycles. The Morgan fingerprint density at radius 3 is 2.53 bits per heavy atom. The summed E-state index contributed by atoms with van der Waals surface area (Å²) in [6, 6.07) is 4.99. The second-order valence-corrected chi connectivity index (χ2v) is 4.99. The van der Waals surface area contributed by atoms with E-state index in [2.05, 4.69) is 47.7 Å². The molecule has 0 aliphatic carbocycles. The van der Waals surface area contributed by atoms with E-state index in [1.54, 1.807) is 0 Å². The first kappa shape index (κ1) is 12.4. The summed E-state index contributed by atoms with van der Waals surface area (Å²) in [5.74, 6) is 1.15. The number of anilines is 1. The van der Waals surface area contributed by atoms with Gasteiger partial charge in [0.15, 0.2) is 0 Å². The van der Waals surface area contributed by atoms with Crippen LogP contribution in [-0.2, 0) is 6.42 Å². The topological polar surface area (TPSA) is 19.4 Å². The van der Waals surface area contributed by atoms with E-state index in [0.29, 0.717) is 6.04 Å². The van der Waals surface area contributed by atoms with Crippen LogP contribution in [0, 0.1) is 0 Å². The first-order valence-electron chi connectivity index (χ1n) is 6.64. The van der Waals surface area contributed by atoms with Gasteiger partial charge in [0.1, 0.15) is 5.82 Å². The molecule has 0 saturated carbocycles. The molecule has 1 aliphatic rings. The molecule has 0 bridgehead atoms. The normalized spacial score (nSPS) is 17.8. The second kappa shape index (κ2) is 5.50. The van der Waals surface area contributed by atoms with Gasteiger partial charge in [-0.2, -0.15) is 0 Å². The van der Waals surface area contributed by atoms with Gasteiger partial charge < -0.3 is 4.90 Å². The summed E-state index contributed by atoms with van der Waals surface area (Å²) in [6.45, 7) is 11.2. The lowest BCUT2D eigenvalue weighted by Gasteiger charge is -2.37. The molecular formula is C14H23N3. The molecule has 0 N–H and O–H groups in total. The number of pyridine rings is 1. The van der Waals surface area contributed by atoms with E-state index < -0.39 is 0 Å². The maximum Gasteiger partial charge on any atom is 0.128 e. The first-order valence-corrected chi connectivity index (χ1v) is 6.64. The Morgan fingerprint density at radius 2 is 1.94 bits per heavy atom. The predicted molar refractivity (Wildman–Crippen MR) is 72.5 cm³/mol. The minimum Gasteiger partial charge on any atom is -0.354 e. The molecule has 0 radical (unpaired) electrons. The smallest absolute Gasteiger partial charge is 0.128 e. The molecule has 3 nitrogen and oxygen atoms in total. The fourth-order valence-corrected chi connectivity index (χ4v) is 2.32. The zero-order valence-electron chi connectivity index (χ0n) is 11.2. The third-order valence-corrected chi connectivity index (χ3v) is 3.59. The average molecular weight is 233 g/mol. The third-order valence-electron chi connectivity index (χ3n) is 3.59. The molecule has 0 unspecified atom stereocenters. The SMILES string of the molecule is CCc1ccnc(N2CCN(C(C)C)CC2)c1. The van der Waals surface area contributed by atoms with Crippen molar-refractivity contribution in [2.75, 3.05) is 31.1 Å². The summed E-state index contributed by atoms with van der Waals surface area (Å²) in [5.41, 5.74) is 1.38. The predicted octanol–water partition coefficient (Wildman–Crippen LogP) is 2.17. The Kier molecular flexibility index (Phi) is 4.00. The van der Waals surface area contributed by atoms with E-state index in [1.165, 1.54) is 5.56 Å². The molecular weight excluding hydrogens is 210 g/mol. The van der Waals surface area contributed by atoms with Crippen LogP contribution in [0.5, 0.6) is 0 Å². The molecule has 1 aliphatic heterocycles. The summed E-state index contributed by atoms with van der Waals surface area (Å²) >= 11 is 0. The second-order valence-electron chi connectivity index (χ2n) is 4.99. The van der Waals surface area contributed by atoms with Gasteiger partial charge in [-0.3, -0.25) is 4.90 Å². The van der Waals surface area contributed by atoms with Gasteiger partial charge in [0.05, 0.1) is 0 Å². The van der Waals surface area contributed by atoms with Gasteiger partial charge in [-0.25, -0.2) is 4.98 Å². The number of piperazine rings is 1. The zero-order chi connectivity index (χ0) is 12.3. The zero-order valence-corrected chi connectivity index (χ0v) is 11.2. The van der Waals surface area contributed by atoms with Crippen molar-refractivity contribution in [3.8, 4) is 0 Å². The number of aryl methyl sites for hydroxylation is 1. The Balaban J connectivity index is 2.00. The first-order chi connectivity index (χ1) is 8.20. The van der Waals surface area contributed by atoms with E-state index in [9.17, 15) is 0 Å². The molecule has 0 atom stereocenters. The molecule has 0 spiro atoms. The van der Waals surface area contributed by atoms with Gasteiger partial charge in [-0.05, 0) is 38.0 Å². The van der Waals surface area contributed by atoms with E-state index in [0.717, 1.165) is 38.4 Å². The van der Waals surface area contributed by atoms with Crippen LogP contribution in [0.15, 0.2) is 18.3 Å². The molecule has 17 heavy (non-hydrogen) atoms. The van der Waals surface area contributed by atoms with Crippen molar-refractivity contribution in [2.45, 2.75) is 33.2 Å². The van der Waals surface area contributed by atoms with Gasteiger partial charge in [0, 0.05) is 38.4 Å². The standard InChI is InChI=1S/C14H23N3/c1-4-13-5-6-15-14(11-13)17-9-7-16(8-10-17)12(2)3/h5-6,11-12H,4,7-10H2,1-3H3. The summed E-state index contributed by atoms with van der Waals surface area (Å²) in [7, 11) is 0. The van der Waals surface area contributed by atoms with Crippen molar-refractivity contribution in [3.05, 3.63) is 23.9 Å². The largest absolute Gasteiger partial charge is 0.354 e. The number of rotatable bonds is 3. The molecule has 0 amide bonds. The van der Waals surface area contributed by atoms with Crippen LogP contribution in [0.25, 0.3) is 0 Å². The van der Waals surface area contributed by atoms with Gasteiger partial charge in [-0.1, -0.05) is 6.92 Å². The Morgan fingerprint density at radius 1 is 1.24 bits per heavy atom. The number of hydrogen-bond donors (Lipinski definition) is 0. The Bertz CT molecular complexity index is 354. The van der Waals surface area contributed by atoms with Crippen molar-refractivity contribution in [1.29, 1.82) is 0 Å². The van der Waals surface area contributed by atoms with E-state index >= 15 is 0 Å². The highest BCUT2D eigenvalue weighted by Gasteiger charge is 2.19. The lowest BCUT2D eigenvalue weighted by atomic mass is 10.2. The van der Waals surface area contributed by atoms with Gasteiger partial charge >= 0.3 is 0 Å². The van der Waals surface area contributed by atoms with Crippen molar-refractivity contribution in [2.24, 2.45) is 0 Å². The van der Waals surface area contributed by atoms with Crippen LogP contribution in [-0.4, -0.2) is 42.1 Å². The lowest BCUT2D eigenvalue weighted by Crippen LogP contribution is -2.49. The third kappa shape index (κ3) is 2.97. The fraction of sp³-hybridized carbons (Fsp3) is 0.643. The molecule has 1 aromatic rings. The van der Waals surface area contributed by atoms with E-state index in [-0.39, 0.29) is 0 Å². The quantitative estimate of drug-likeness (QED) is 0.797. The maximum absolute atomic E-state index is 4.49.